The molecule has 0 amide bonds. The molecule has 0 radical (unpaired) electrons. The number of carboxylic acids is 1. The van der Waals surface area contributed by atoms with Gasteiger partial charge in [-0.2, -0.15) is 0 Å². The van der Waals surface area contributed by atoms with Crippen molar-refractivity contribution < 1.29 is 9.90 Å². The molecule has 0 spiro atoms. The van der Waals surface area contributed by atoms with Gasteiger partial charge in [0, 0.05) is 0 Å². The van der Waals surface area contributed by atoms with Gasteiger partial charge in [-0.05, 0) is 36.6 Å². The molecule has 2 aliphatic carbocycles. The normalized spacial score (nSPS) is 37.8. The standard InChI is InChI=1S/C12H17NO2/c1-2-8-3-9-5-12(7-13,6-11(14)15)10(9)4-8/h2,4,9-10H,1,3,5-7,13H2,(H,14,15)/t9-,10-,12-/m1/s1. The van der Waals surface area contributed by atoms with Crippen molar-refractivity contribution >= 4 is 5.97 Å². The van der Waals surface area contributed by atoms with Crippen molar-refractivity contribution in [3.8, 4) is 0 Å². The molecule has 3 nitrogen and oxygen atoms in total. The van der Waals surface area contributed by atoms with Gasteiger partial charge in [0.15, 0.2) is 0 Å². The Bertz CT molecular complexity index is 335. The Labute approximate surface area is 89.7 Å². The van der Waals surface area contributed by atoms with E-state index in [4.69, 9.17) is 10.8 Å². The quantitative estimate of drug-likeness (QED) is 0.735. The van der Waals surface area contributed by atoms with Crippen LogP contribution in [0.25, 0.3) is 0 Å². The largest absolute Gasteiger partial charge is 0.481 e. The van der Waals surface area contributed by atoms with Crippen LogP contribution in [0.3, 0.4) is 0 Å². The van der Waals surface area contributed by atoms with Crippen LogP contribution < -0.4 is 5.73 Å². The minimum Gasteiger partial charge on any atom is -0.481 e. The van der Waals surface area contributed by atoms with Crippen molar-refractivity contribution in [2.75, 3.05) is 6.54 Å². The molecule has 0 aromatic heterocycles. The summed E-state index contributed by atoms with van der Waals surface area (Å²) in [4.78, 5) is 10.8. The number of aliphatic carboxylic acids is 1. The van der Waals surface area contributed by atoms with Gasteiger partial charge in [-0.15, -0.1) is 0 Å². The van der Waals surface area contributed by atoms with Gasteiger partial charge >= 0.3 is 5.97 Å². The van der Waals surface area contributed by atoms with Crippen LogP contribution in [-0.2, 0) is 4.79 Å². The first-order chi connectivity index (χ1) is 7.11. The average molecular weight is 207 g/mol. The van der Waals surface area contributed by atoms with Crippen molar-refractivity contribution in [1.82, 2.24) is 0 Å². The first-order valence-corrected chi connectivity index (χ1v) is 5.36. The SMILES string of the molecule is C=CC1=C[C@@H]2[C@H](C1)C[C@]2(CN)CC(=O)O. The molecule has 0 bridgehead atoms. The second-order valence-electron chi connectivity index (χ2n) is 4.78. The van der Waals surface area contributed by atoms with Crippen molar-refractivity contribution in [1.29, 1.82) is 0 Å². The van der Waals surface area contributed by atoms with Gasteiger partial charge in [-0.3, -0.25) is 4.79 Å². The van der Waals surface area contributed by atoms with Crippen LogP contribution in [0.4, 0.5) is 0 Å². The van der Waals surface area contributed by atoms with E-state index in [0.717, 1.165) is 12.8 Å². The van der Waals surface area contributed by atoms with Crippen molar-refractivity contribution in [3.05, 3.63) is 24.3 Å². The number of hydrogen-bond acceptors (Lipinski definition) is 2. The summed E-state index contributed by atoms with van der Waals surface area (Å²) in [7, 11) is 0. The zero-order chi connectivity index (χ0) is 11.1. The molecule has 0 aromatic carbocycles. The fourth-order valence-electron chi connectivity index (χ4n) is 3.17. The maximum atomic E-state index is 10.8. The Morgan fingerprint density at radius 2 is 2.53 bits per heavy atom. The van der Waals surface area contributed by atoms with Gasteiger partial charge in [0.05, 0.1) is 6.42 Å². The summed E-state index contributed by atoms with van der Waals surface area (Å²) in [5.41, 5.74) is 6.82. The summed E-state index contributed by atoms with van der Waals surface area (Å²) in [5.74, 6) is 0.242. The van der Waals surface area contributed by atoms with E-state index in [1.165, 1.54) is 5.57 Å². The minimum absolute atomic E-state index is 0.179. The van der Waals surface area contributed by atoms with Gasteiger partial charge in [0.2, 0.25) is 0 Å². The highest BCUT2D eigenvalue weighted by molar-refractivity contribution is 5.68. The Morgan fingerprint density at radius 1 is 1.80 bits per heavy atom. The molecule has 0 aliphatic heterocycles. The summed E-state index contributed by atoms with van der Waals surface area (Å²) < 4.78 is 0. The number of carboxylic acid groups (broad SMARTS) is 1. The molecule has 2 rings (SSSR count). The molecule has 2 aliphatic rings. The molecule has 3 atom stereocenters. The van der Waals surface area contributed by atoms with E-state index in [0.29, 0.717) is 18.4 Å². The Morgan fingerprint density at radius 3 is 3.07 bits per heavy atom. The molecule has 0 aromatic rings. The highest BCUT2D eigenvalue weighted by Crippen LogP contribution is 2.59. The van der Waals surface area contributed by atoms with E-state index in [2.05, 4.69) is 12.7 Å². The third kappa shape index (κ3) is 1.51. The lowest BCUT2D eigenvalue weighted by molar-refractivity contribution is -0.144. The topological polar surface area (TPSA) is 63.3 Å². The van der Waals surface area contributed by atoms with Crippen LogP contribution in [0.5, 0.6) is 0 Å². The predicted molar refractivity (Wildman–Crippen MR) is 58.2 cm³/mol. The minimum atomic E-state index is -0.737. The van der Waals surface area contributed by atoms with Crippen LogP contribution in [0.15, 0.2) is 24.3 Å². The smallest absolute Gasteiger partial charge is 0.303 e. The lowest BCUT2D eigenvalue weighted by Crippen LogP contribution is -2.51. The van der Waals surface area contributed by atoms with Gasteiger partial charge in [0.1, 0.15) is 0 Å². The summed E-state index contributed by atoms with van der Waals surface area (Å²) in [6.07, 6.45) is 6.26. The monoisotopic (exact) mass is 207 g/mol. The Kier molecular flexibility index (Phi) is 2.43. The van der Waals surface area contributed by atoms with Crippen LogP contribution >= 0.6 is 0 Å². The molecular formula is C12H17NO2. The molecule has 3 N–H and O–H groups in total. The first-order valence-electron chi connectivity index (χ1n) is 5.36. The summed E-state index contributed by atoms with van der Waals surface area (Å²) in [5, 5.41) is 8.89. The summed E-state index contributed by atoms with van der Waals surface area (Å²) >= 11 is 0. The van der Waals surface area contributed by atoms with Crippen LogP contribution in [0.2, 0.25) is 0 Å². The highest BCUT2D eigenvalue weighted by atomic mass is 16.4. The number of fused-ring (bicyclic) bond motifs is 1. The number of hydrogen-bond donors (Lipinski definition) is 2. The molecule has 1 fully saturated rings. The van der Waals surface area contributed by atoms with E-state index < -0.39 is 5.97 Å². The second kappa shape index (κ2) is 3.49. The molecular weight excluding hydrogens is 190 g/mol. The first kappa shape index (κ1) is 10.4. The lowest BCUT2D eigenvalue weighted by atomic mass is 9.53. The van der Waals surface area contributed by atoms with E-state index in [1.807, 2.05) is 6.08 Å². The van der Waals surface area contributed by atoms with Crippen LogP contribution in [0.1, 0.15) is 19.3 Å². The zero-order valence-electron chi connectivity index (χ0n) is 8.78. The van der Waals surface area contributed by atoms with Gasteiger partial charge < -0.3 is 10.8 Å². The third-order valence-corrected chi connectivity index (χ3v) is 3.95. The Balaban J connectivity index is 2.15. The summed E-state index contributed by atoms with van der Waals surface area (Å²) in [6, 6.07) is 0. The molecule has 15 heavy (non-hydrogen) atoms. The highest BCUT2D eigenvalue weighted by Gasteiger charge is 2.54. The third-order valence-electron chi connectivity index (χ3n) is 3.95. The average Bonchev–Trinajstić information content (AvgIpc) is 2.53. The molecule has 0 heterocycles. The predicted octanol–water partition coefficient (Wildman–Crippen LogP) is 1.56. The lowest BCUT2D eigenvalue weighted by Gasteiger charge is -2.51. The van der Waals surface area contributed by atoms with Crippen molar-refractivity contribution in [3.63, 3.8) is 0 Å². The van der Waals surface area contributed by atoms with E-state index >= 15 is 0 Å². The molecule has 0 saturated heterocycles. The van der Waals surface area contributed by atoms with E-state index in [9.17, 15) is 4.79 Å². The molecule has 0 unspecified atom stereocenters. The summed E-state index contributed by atoms with van der Waals surface area (Å²) in [6.45, 7) is 4.23. The second-order valence-corrected chi connectivity index (χ2v) is 4.78. The maximum absolute atomic E-state index is 10.8. The van der Waals surface area contributed by atoms with Gasteiger partial charge in [-0.1, -0.05) is 24.3 Å². The number of rotatable bonds is 4. The van der Waals surface area contributed by atoms with Crippen molar-refractivity contribution in [2.24, 2.45) is 23.0 Å². The van der Waals surface area contributed by atoms with E-state index in [1.54, 1.807) is 0 Å². The Hall–Kier alpha value is -1.09. The van der Waals surface area contributed by atoms with Gasteiger partial charge in [0.25, 0.3) is 0 Å². The molecule has 82 valence electrons. The number of carbonyl (C=O) groups is 1. The van der Waals surface area contributed by atoms with E-state index in [-0.39, 0.29) is 11.8 Å². The van der Waals surface area contributed by atoms with Gasteiger partial charge in [-0.25, -0.2) is 0 Å². The van der Waals surface area contributed by atoms with Crippen LogP contribution in [-0.4, -0.2) is 17.6 Å². The molecule has 1 saturated carbocycles. The number of nitrogens with two attached hydrogens (primary N) is 1. The zero-order valence-corrected chi connectivity index (χ0v) is 8.78. The molecule has 3 heteroatoms. The van der Waals surface area contributed by atoms with Crippen molar-refractivity contribution in [2.45, 2.75) is 19.3 Å². The van der Waals surface area contributed by atoms with Crippen LogP contribution in [0, 0.1) is 17.3 Å². The maximum Gasteiger partial charge on any atom is 0.303 e. The number of allylic oxidation sites excluding steroid dienone is 3. The fraction of sp³-hybridized carbons (Fsp3) is 0.583. The fourth-order valence-corrected chi connectivity index (χ4v) is 3.17.